The number of hydrogen-bond donors (Lipinski definition) is 2. The van der Waals surface area contributed by atoms with Crippen molar-refractivity contribution in [2.24, 2.45) is 0 Å². The Balaban J connectivity index is 1.97. The van der Waals surface area contributed by atoms with Gasteiger partial charge < -0.3 is 15.4 Å². The first-order valence-corrected chi connectivity index (χ1v) is 8.22. The zero-order valence-corrected chi connectivity index (χ0v) is 14.7. The number of aromatic nitrogens is 1. The molecule has 2 aromatic rings. The zero-order chi connectivity index (χ0) is 18.2. The molecule has 0 aliphatic carbocycles. The second kappa shape index (κ2) is 8.82. The molecule has 0 radical (unpaired) electrons. The predicted molar refractivity (Wildman–Crippen MR) is 95.0 cm³/mol. The molecule has 0 saturated carbocycles. The molecule has 25 heavy (non-hydrogen) atoms. The highest BCUT2D eigenvalue weighted by molar-refractivity contribution is 6.35. The fourth-order valence-corrected chi connectivity index (χ4v) is 2.40. The van der Waals surface area contributed by atoms with E-state index < -0.39 is 11.8 Å². The maximum Gasteiger partial charge on any atom is 0.309 e. The number of nitrogens with zero attached hydrogens (tertiary/aromatic N) is 1. The van der Waals surface area contributed by atoms with E-state index in [0.717, 1.165) is 16.7 Å². The monoisotopic (exact) mass is 341 g/mol. The van der Waals surface area contributed by atoms with E-state index in [1.165, 1.54) is 0 Å². The van der Waals surface area contributed by atoms with Gasteiger partial charge in [-0.3, -0.25) is 14.6 Å². The van der Waals surface area contributed by atoms with Gasteiger partial charge in [-0.2, -0.15) is 0 Å². The lowest BCUT2D eigenvalue weighted by atomic mass is 10.0. The van der Waals surface area contributed by atoms with Crippen LogP contribution < -0.4 is 15.4 Å². The van der Waals surface area contributed by atoms with Gasteiger partial charge in [-0.25, -0.2) is 0 Å². The zero-order valence-electron chi connectivity index (χ0n) is 14.7. The number of carbonyl (C=O) groups excluding carboxylic acids is 2. The third kappa shape index (κ3) is 5.31. The molecule has 1 atom stereocenters. The number of nitrogens with one attached hydrogen (secondary N) is 2. The van der Waals surface area contributed by atoms with E-state index in [4.69, 9.17) is 4.74 Å². The van der Waals surface area contributed by atoms with Crippen molar-refractivity contribution >= 4 is 11.8 Å². The molecule has 2 amide bonds. The van der Waals surface area contributed by atoms with Crippen LogP contribution in [0, 0.1) is 6.92 Å². The van der Waals surface area contributed by atoms with Gasteiger partial charge in [0.25, 0.3) is 0 Å². The summed E-state index contributed by atoms with van der Waals surface area (Å²) in [6.07, 6.45) is 3.27. The van der Waals surface area contributed by atoms with Crippen molar-refractivity contribution in [3.05, 3.63) is 59.4 Å². The van der Waals surface area contributed by atoms with Crippen molar-refractivity contribution in [1.82, 2.24) is 15.6 Å². The van der Waals surface area contributed by atoms with Gasteiger partial charge >= 0.3 is 11.8 Å². The van der Waals surface area contributed by atoms with Crippen LogP contribution >= 0.6 is 0 Å². The van der Waals surface area contributed by atoms with E-state index in [2.05, 4.69) is 15.6 Å². The smallest absolute Gasteiger partial charge is 0.309 e. The second-order valence-electron chi connectivity index (χ2n) is 5.71. The summed E-state index contributed by atoms with van der Waals surface area (Å²) in [5.41, 5.74) is 2.78. The molecule has 0 aliphatic rings. The molecule has 0 bridgehead atoms. The summed E-state index contributed by atoms with van der Waals surface area (Å²) in [5, 5.41) is 5.31. The molecule has 1 aromatic heterocycles. The Kier molecular flexibility index (Phi) is 6.51. The fraction of sp³-hybridized carbons (Fsp3) is 0.316. The van der Waals surface area contributed by atoms with Crippen LogP contribution in [0.4, 0.5) is 0 Å². The molecule has 1 heterocycles. The first kappa shape index (κ1) is 18.4. The highest BCUT2D eigenvalue weighted by Gasteiger charge is 2.19. The number of carbonyl (C=O) groups is 2. The first-order chi connectivity index (χ1) is 12.0. The van der Waals surface area contributed by atoms with E-state index in [0.29, 0.717) is 12.4 Å². The Hall–Kier alpha value is -2.89. The van der Waals surface area contributed by atoms with Crippen molar-refractivity contribution in [3.63, 3.8) is 0 Å². The van der Waals surface area contributed by atoms with Crippen LogP contribution in [0.2, 0.25) is 0 Å². The van der Waals surface area contributed by atoms with Crippen molar-refractivity contribution in [2.75, 3.05) is 6.61 Å². The topological polar surface area (TPSA) is 80.3 Å². The highest BCUT2D eigenvalue weighted by Crippen LogP contribution is 2.26. The van der Waals surface area contributed by atoms with Crippen LogP contribution in [-0.2, 0) is 16.1 Å². The van der Waals surface area contributed by atoms with Gasteiger partial charge in [0.2, 0.25) is 0 Å². The third-order valence-electron chi connectivity index (χ3n) is 3.69. The van der Waals surface area contributed by atoms with Crippen molar-refractivity contribution in [2.45, 2.75) is 33.4 Å². The quantitative estimate of drug-likeness (QED) is 0.790. The largest absolute Gasteiger partial charge is 0.494 e. The first-order valence-electron chi connectivity index (χ1n) is 8.22. The summed E-state index contributed by atoms with van der Waals surface area (Å²) in [5.74, 6) is -0.641. The summed E-state index contributed by atoms with van der Waals surface area (Å²) in [7, 11) is 0. The van der Waals surface area contributed by atoms with Crippen LogP contribution in [0.3, 0.4) is 0 Å². The van der Waals surface area contributed by atoms with Crippen molar-refractivity contribution in [3.8, 4) is 5.75 Å². The van der Waals surface area contributed by atoms with E-state index in [9.17, 15) is 9.59 Å². The lowest BCUT2D eigenvalue weighted by molar-refractivity contribution is -0.139. The molecule has 0 saturated heterocycles. The summed E-state index contributed by atoms with van der Waals surface area (Å²) in [6, 6.07) is 8.99. The summed E-state index contributed by atoms with van der Waals surface area (Å²) >= 11 is 0. The van der Waals surface area contributed by atoms with Crippen LogP contribution in [0.1, 0.15) is 36.6 Å². The Morgan fingerprint density at radius 2 is 1.88 bits per heavy atom. The minimum absolute atomic E-state index is 0.276. The summed E-state index contributed by atoms with van der Waals surface area (Å²) < 4.78 is 5.60. The molecule has 1 unspecified atom stereocenters. The number of pyridine rings is 1. The van der Waals surface area contributed by atoms with Crippen LogP contribution in [0.5, 0.6) is 5.75 Å². The van der Waals surface area contributed by atoms with Crippen LogP contribution in [-0.4, -0.2) is 23.4 Å². The average molecular weight is 341 g/mol. The van der Waals surface area contributed by atoms with Gasteiger partial charge in [0.05, 0.1) is 12.6 Å². The van der Waals surface area contributed by atoms with Crippen molar-refractivity contribution in [1.29, 1.82) is 0 Å². The number of amides is 2. The maximum absolute atomic E-state index is 12.1. The molecule has 132 valence electrons. The molecule has 1 aromatic carbocycles. The molecule has 0 fully saturated rings. The Morgan fingerprint density at radius 3 is 2.56 bits per heavy atom. The second-order valence-corrected chi connectivity index (χ2v) is 5.71. The van der Waals surface area contributed by atoms with Crippen LogP contribution in [0.15, 0.2) is 42.7 Å². The van der Waals surface area contributed by atoms with Gasteiger partial charge in [-0.1, -0.05) is 17.7 Å². The van der Waals surface area contributed by atoms with Gasteiger partial charge in [-0.15, -0.1) is 0 Å². The third-order valence-corrected chi connectivity index (χ3v) is 3.69. The van der Waals surface area contributed by atoms with Gasteiger partial charge in [0.15, 0.2) is 0 Å². The number of aryl methyl sites for hydroxylation is 1. The normalized spacial score (nSPS) is 11.5. The predicted octanol–water partition coefficient (Wildman–Crippen LogP) is 2.28. The molecular formula is C19H23N3O3. The van der Waals surface area contributed by atoms with Crippen LogP contribution in [0.25, 0.3) is 0 Å². The number of rotatable bonds is 6. The van der Waals surface area contributed by atoms with Crippen molar-refractivity contribution < 1.29 is 14.3 Å². The Bertz CT molecular complexity index is 732. The molecule has 0 spiro atoms. The summed E-state index contributed by atoms with van der Waals surface area (Å²) in [4.78, 5) is 28.0. The van der Waals surface area contributed by atoms with Gasteiger partial charge in [0, 0.05) is 24.5 Å². The van der Waals surface area contributed by atoms with Gasteiger partial charge in [0.1, 0.15) is 5.75 Å². The number of benzene rings is 1. The van der Waals surface area contributed by atoms with E-state index in [1.54, 1.807) is 24.5 Å². The number of ether oxygens (including phenoxy) is 1. The Labute approximate surface area is 147 Å². The standard InChI is InChI=1S/C19H23N3O3/c1-4-25-17-6-5-13(2)11-16(17)14(3)22-19(24)18(23)21-12-15-7-9-20-10-8-15/h5-11,14H,4,12H2,1-3H3,(H,21,23)(H,22,24). The lowest BCUT2D eigenvalue weighted by Crippen LogP contribution is -2.40. The lowest BCUT2D eigenvalue weighted by Gasteiger charge is -2.18. The maximum atomic E-state index is 12.1. The minimum Gasteiger partial charge on any atom is -0.494 e. The molecule has 6 heteroatoms. The minimum atomic E-state index is -0.675. The SMILES string of the molecule is CCOc1ccc(C)cc1C(C)NC(=O)C(=O)NCc1ccncc1. The average Bonchev–Trinajstić information content (AvgIpc) is 2.62. The van der Waals surface area contributed by atoms with E-state index >= 15 is 0 Å². The molecule has 0 aliphatic heterocycles. The molecule has 6 nitrogen and oxygen atoms in total. The molecule has 2 N–H and O–H groups in total. The van der Waals surface area contributed by atoms with E-state index in [1.807, 2.05) is 39.0 Å². The van der Waals surface area contributed by atoms with Gasteiger partial charge in [-0.05, 0) is 44.5 Å². The fourth-order valence-electron chi connectivity index (χ4n) is 2.40. The van der Waals surface area contributed by atoms with E-state index in [-0.39, 0.29) is 12.6 Å². The molecular weight excluding hydrogens is 318 g/mol. The highest BCUT2D eigenvalue weighted by atomic mass is 16.5. The summed E-state index contributed by atoms with van der Waals surface area (Å²) in [6.45, 7) is 6.50. The molecule has 2 rings (SSSR count). The Morgan fingerprint density at radius 1 is 1.16 bits per heavy atom. The number of hydrogen-bond acceptors (Lipinski definition) is 4.